The zero-order chi connectivity index (χ0) is 12.0. The number of hydrogen-bond acceptors (Lipinski definition) is 3. The Morgan fingerprint density at radius 3 is 2.88 bits per heavy atom. The van der Waals surface area contributed by atoms with Gasteiger partial charge in [0.05, 0.1) is 5.54 Å². The molecule has 0 saturated carbocycles. The first-order valence-electron chi connectivity index (χ1n) is 6.14. The summed E-state index contributed by atoms with van der Waals surface area (Å²) in [4.78, 5) is 12.0. The van der Waals surface area contributed by atoms with Gasteiger partial charge in [-0.15, -0.1) is 0 Å². The van der Waals surface area contributed by atoms with Crippen molar-refractivity contribution >= 4 is 17.7 Å². The second-order valence-corrected chi connectivity index (χ2v) is 6.08. The van der Waals surface area contributed by atoms with E-state index in [2.05, 4.69) is 23.8 Å². The molecule has 0 aromatic heterocycles. The van der Waals surface area contributed by atoms with Crippen molar-refractivity contribution in [3.8, 4) is 0 Å². The van der Waals surface area contributed by atoms with E-state index < -0.39 is 0 Å². The van der Waals surface area contributed by atoms with Gasteiger partial charge in [-0.1, -0.05) is 6.92 Å². The van der Waals surface area contributed by atoms with Crippen molar-refractivity contribution in [2.75, 3.05) is 19.3 Å². The van der Waals surface area contributed by atoms with Crippen molar-refractivity contribution in [1.82, 2.24) is 10.6 Å². The van der Waals surface area contributed by atoms with Crippen molar-refractivity contribution in [3.05, 3.63) is 0 Å². The number of carbonyl (C=O) groups excluding carboxylic acids is 1. The van der Waals surface area contributed by atoms with Gasteiger partial charge in [0.1, 0.15) is 0 Å². The van der Waals surface area contributed by atoms with E-state index in [0.717, 1.165) is 32.4 Å². The maximum atomic E-state index is 12.0. The second kappa shape index (κ2) is 6.50. The molecule has 0 aromatic carbocycles. The van der Waals surface area contributed by atoms with Gasteiger partial charge in [0, 0.05) is 11.8 Å². The molecule has 2 N–H and O–H groups in total. The van der Waals surface area contributed by atoms with Gasteiger partial charge in [-0.25, -0.2) is 0 Å². The maximum absolute atomic E-state index is 12.0. The zero-order valence-corrected chi connectivity index (χ0v) is 11.5. The Kier molecular flexibility index (Phi) is 5.62. The highest BCUT2D eigenvalue weighted by molar-refractivity contribution is 7.99. The lowest BCUT2D eigenvalue weighted by Crippen LogP contribution is -2.57. The number of nitrogens with one attached hydrogen (secondary N) is 2. The summed E-state index contributed by atoms with van der Waals surface area (Å²) >= 11 is 1.84. The van der Waals surface area contributed by atoms with Gasteiger partial charge in [0.2, 0.25) is 5.91 Å². The van der Waals surface area contributed by atoms with Crippen LogP contribution in [0.2, 0.25) is 0 Å². The first-order valence-corrected chi connectivity index (χ1v) is 7.43. The van der Waals surface area contributed by atoms with Crippen LogP contribution in [-0.2, 0) is 4.79 Å². The lowest BCUT2D eigenvalue weighted by atomic mass is 9.90. The van der Waals surface area contributed by atoms with Gasteiger partial charge in [-0.05, 0) is 45.4 Å². The van der Waals surface area contributed by atoms with E-state index in [0.29, 0.717) is 5.25 Å². The molecule has 0 radical (unpaired) electrons. The summed E-state index contributed by atoms with van der Waals surface area (Å²) in [6.07, 6.45) is 6.45. The quantitative estimate of drug-likeness (QED) is 0.774. The SMILES string of the molecule is CSC(C)CCNC(=O)C1(C)CCCCN1. The van der Waals surface area contributed by atoms with Crippen LogP contribution in [-0.4, -0.2) is 36.0 Å². The minimum absolute atomic E-state index is 0.167. The molecule has 0 spiro atoms. The molecule has 94 valence electrons. The molecule has 1 amide bonds. The van der Waals surface area contributed by atoms with Crippen LogP contribution in [0.3, 0.4) is 0 Å². The Bertz CT molecular complexity index is 227. The Labute approximate surface area is 103 Å². The molecule has 4 heteroatoms. The van der Waals surface area contributed by atoms with Crippen LogP contribution in [0.15, 0.2) is 0 Å². The van der Waals surface area contributed by atoms with Gasteiger partial charge in [-0.3, -0.25) is 4.79 Å². The summed E-state index contributed by atoms with van der Waals surface area (Å²) in [6, 6.07) is 0. The van der Waals surface area contributed by atoms with Crippen LogP contribution in [0, 0.1) is 0 Å². The van der Waals surface area contributed by atoms with Crippen LogP contribution in [0.25, 0.3) is 0 Å². The molecule has 1 heterocycles. The lowest BCUT2D eigenvalue weighted by Gasteiger charge is -2.33. The van der Waals surface area contributed by atoms with Crippen molar-refractivity contribution < 1.29 is 4.79 Å². The fourth-order valence-corrected chi connectivity index (χ4v) is 2.31. The van der Waals surface area contributed by atoms with E-state index in [1.165, 1.54) is 6.42 Å². The number of rotatable bonds is 5. The number of piperidine rings is 1. The molecular weight excluding hydrogens is 220 g/mol. The third-order valence-corrected chi connectivity index (χ3v) is 4.40. The molecule has 0 aromatic rings. The molecule has 16 heavy (non-hydrogen) atoms. The number of carbonyl (C=O) groups is 1. The highest BCUT2D eigenvalue weighted by Crippen LogP contribution is 2.18. The summed E-state index contributed by atoms with van der Waals surface area (Å²) in [5.74, 6) is 0.167. The predicted octanol–water partition coefficient (Wildman–Crippen LogP) is 1.78. The lowest BCUT2D eigenvalue weighted by molar-refractivity contribution is -0.127. The Balaban J connectivity index is 2.28. The molecule has 2 unspecified atom stereocenters. The van der Waals surface area contributed by atoms with E-state index in [-0.39, 0.29) is 11.4 Å². The monoisotopic (exact) mass is 244 g/mol. The molecule has 0 aliphatic carbocycles. The molecule has 1 aliphatic heterocycles. The number of amides is 1. The normalized spacial score (nSPS) is 27.4. The largest absolute Gasteiger partial charge is 0.354 e. The van der Waals surface area contributed by atoms with Crippen LogP contribution in [0.1, 0.15) is 39.5 Å². The van der Waals surface area contributed by atoms with Crippen LogP contribution < -0.4 is 10.6 Å². The van der Waals surface area contributed by atoms with E-state index in [1.807, 2.05) is 18.7 Å². The molecule has 1 saturated heterocycles. The standard InChI is InChI=1S/C12H24N2OS/c1-10(16-3)6-9-13-11(15)12(2)7-4-5-8-14-12/h10,14H,4-9H2,1-3H3,(H,13,15). The fourth-order valence-electron chi connectivity index (χ4n) is 1.95. The Hall–Kier alpha value is -0.220. The molecule has 1 rings (SSSR count). The van der Waals surface area contributed by atoms with Crippen molar-refractivity contribution in [2.24, 2.45) is 0 Å². The third-order valence-electron chi connectivity index (χ3n) is 3.36. The van der Waals surface area contributed by atoms with Gasteiger partial charge < -0.3 is 10.6 Å². The van der Waals surface area contributed by atoms with Crippen LogP contribution in [0.5, 0.6) is 0 Å². The predicted molar refractivity (Wildman–Crippen MR) is 70.9 cm³/mol. The second-order valence-electron chi connectivity index (χ2n) is 4.81. The highest BCUT2D eigenvalue weighted by Gasteiger charge is 2.33. The van der Waals surface area contributed by atoms with Crippen LogP contribution >= 0.6 is 11.8 Å². The Morgan fingerprint density at radius 2 is 2.31 bits per heavy atom. The molecule has 3 nitrogen and oxygen atoms in total. The van der Waals surface area contributed by atoms with E-state index in [4.69, 9.17) is 0 Å². The Morgan fingerprint density at radius 1 is 1.56 bits per heavy atom. The summed E-state index contributed by atoms with van der Waals surface area (Å²) in [5, 5.41) is 6.99. The van der Waals surface area contributed by atoms with E-state index in [1.54, 1.807) is 0 Å². The molecular formula is C12H24N2OS. The van der Waals surface area contributed by atoms with Gasteiger partial charge in [0.25, 0.3) is 0 Å². The van der Waals surface area contributed by atoms with Gasteiger partial charge in [-0.2, -0.15) is 11.8 Å². The van der Waals surface area contributed by atoms with Gasteiger partial charge in [0.15, 0.2) is 0 Å². The third kappa shape index (κ3) is 3.98. The fraction of sp³-hybridized carbons (Fsp3) is 0.917. The highest BCUT2D eigenvalue weighted by atomic mass is 32.2. The van der Waals surface area contributed by atoms with Crippen molar-refractivity contribution in [1.29, 1.82) is 0 Å². The first kappa shape index (κ1) is 13.8. The average molecular weight is 244 g/mol. The van der Waals surface area contributed by atoms with E-state index >= 15 is 0 Å². The van der Waals surface area contributed by atoms with E-state index in [9.17, 15) is 4.79 Å². The summed E-state index contributed by atoms with van der Waals surface area (Å²) < 4.78 is 0. The zero-order valence-electron chi connectivity index (χ0n) is 10.6. The summed E-state index contributed by atoms with van der Waals surface area (Å²) in [5.41, 5.74) is -0.332. The number of thioether (sulfide) groups is 1. The molecule has 1 aliphatic rings. The van der Waals surface area contributed by atoms with Crippen molar-refractivity contribution in [3.63, 3.8) is 0 Å². The minimum Gasteiger partial charge on any atom is -0.354 e. The topological polar surface area (TPSA) is 41.1 Å². The van der Waals surface area contributed by atoms with Gasteiger partial charge >= 0.3 is 0 Å². The summed E-state index contributed by atoms with van der Waals surface area (Å²) in [7, 11) is 0. The average Bonchev–Trinajstić information content (AvgIpc) is 2.29. The number of hydrogen-bond donors (Lipinski definition) is 2. The summed E-state index contributed by atoms with van der Waals surface area (Å²) in [6.45, 7) is 5.96. The smallest absolute Gasteiger partial charge is 0.240 e. The molecule has 1 fully saturated rings. The maximum Gasteiger partial charge on any atom is 0.240 e. The molecule has 2 atom stereocenters. The first-order chi connectivity index (χ1) is 7.58. The van der Waals surface area contributed by atoms with Crippen LogP contribution in [0.4, 0.5) is 0 Å². The van der Waals surface area contributed by atoms with Crippen molar-refractivity contribution in [2.45, 2.75) is 50.3 Å². The molecule has 0 bridgehead atoms. The minimum atomic E-state index is -0.332.